The van der Waals surface area contributed by atoms with Gasteiger partial charge in [-0.2, -0.15) is 5.10 Å². The number of hydrogen-bond donors (Lipinski definition) is 1. The zero-order valence-electron chi connectivity index (χ0n) is 14.9. The minimum atomic E-state index is -0.610. The standard InChI is InChI=1S/C18H18ClN5O2S/c1-3-4-5-15-21-22-18(27-15)20-17(26)16-14(25)10-11(2)24(23-16)13-8-6-12(19)7-9-13/h6-10H,3-5H2,1-2H3,(H,20,22,26). The Morgan fingerprint density at radius 3 is 2.70 bits per heavy atom. The lowest BCUT2D eigenvalue weighted by Crippen LogP contribution is -2.26. The number of hydrogen-bond acceptors (Lipinski definition) is 6. The predicted octanol–water partition coefficient (Wildman–Crippen LogP) is 3.64. The maximum atomic E-state index is 12.5. The topological polar surface area (TPSA) is 89.8 Å². The molecule has 0 unspecified atom stereocenters. The van der Waals surface area contributed by atoms with Crippen molar-refractivity contribution in [2.45, 2.75) is 33.1 Å². The highest BCUT2D eigenvalue weighted by molar-refractivity contribution is 7.15. The van der Waals surface area contributed by atoms with Crippen molar-refractivity contribution in [3.63, 3.8) is 0 Å². The Hall–Kier alpha value is -2.58. The van der Waals surface area contributed by atoms with Crippen molar-refractivity contribution in [1.29, 1.82) is 0 Å². The molecule has 3 rings (SSSR count). The molecular weight excluding hydrogens is 386 g/mol. The van der Waals surface area contributed by atoms with Crippen molar-refractivity contribution in [3.8, 4) is 5.69 Å². The van der Waals surface area contributed by atoms with Crippen LogP contribution >= 0.6 is 22.9 Å². The molecule has 1 N–H and O–H groups in total. The van der Waals surface area contributed by atoms with Gasteiger partial charge in [0.05, 0.1) is 5.69 Å². The van der Waals surface area contributed by atoms with Gasteiger partial charge in [-0.15, -0.1) is 10.2 Å². The number of unbranched alkanes of at least 4 members (excludes halogenated alkanes) is 1. The fourth-order valence-corrected chi connectivity index (χ4v) is 3.34. The molecule has 7 nitrogen and oxygen atoms in total. The molecule has 0 aliphatic carbocycles. The van der Waals surface area contributed by atoms with Crippen LogP contribution in [0.5, 0.6) is 0 Å². The minimum Gasteiger partial charge on any atom is -0.295 e. The van der Waals surface area contributed by atoms with Crippen LogP contribution in [0.4, 0.5) is 5.13 Å². The van der Waals surface area contributed by atoms with E-state index in [2.05, 4.69) is 27.5 Å². The molecule has 0 spiro atoms. The molecule has 0 atom stereocenters. The van der Waals surface area contributed by atoms with Gasteiger partial charge < -0.3 is 0 Å². The molecule has 2 heterocycles. The summed E-state index contributed by atoms with van der Waals surface area (Å²) in [6, 6.07) is 8.34. The average molecular weight is 404 g/mol. The normalized spacial score (nSPS) is 10.8. The van der Waals surface area contributed by atoms with Gasteiger partial charge in [0.1, 0.15) is 5.01 Å². The number of carbonyl (C=O) groups excluding carboxylic acids is 1. The lowest BCUT2D eigenvalue weighted by Gasteiger charge is -2.11. The highest BCUT2D eigenvalue weighted by atomic mass is 35.5. The van der Waals surface area contributed by atoms with E-state index in [0.29, 0.717) is 21.5 Å². The van der Waals surface area contributed by atoms with Crippen LogP contribution in [0.2, 0.25) is 5.02 Å². The van der Waals surface area contributed by atoms with Gasteiger partial charge >= 0.3 is 0 Å². The Morgan fingerprint density at radius 1 is 1.26 bits per heavy atom. The quantitative estimate of drug-likeness (QED) is 0.678. The summed E-state index contributed by atoms with van der Waals surface area (Å²) in [5.74, 6) is -0.610. The van der Waals surface area contributed by atoms with Crippen LogP contribution < -0.4 is 10.7 Å². The van der Waals surface area contributed by atoms with Gasteiger partial charge in [-0.05, 0) is 37.6 Å². The molecule has 1 aromatic carbocycles. The Kier molecular flexibility index (Phi) is 5.98. The molecule has 9 heteroatoms. The van der Waals surface area contributed by atoms with Crippen molar-refractivity contribution >= 4 is 34.0 Å². The van der Waals surface area contributed by atoms with E-state index in [4.69, 9.17) is 11.6 Å². The van der Waals surface area contributed by atoms with E-state index in [9.17, 15) is 9.59 Å². The van der Waals surface area contributed by atoms with Gasteiger partial charge in [0.2, 0.25) is 10.6 Å². The summed E-state index contributed by atoms with van der Waals surface area (Å²) in [6.45, 7) is 3.84. The van der Waals surface area contributed by atoms with Crippen LogP contribution in [0.1, 0.15) is 41.0 Å². The summed E-state index contributed by atoms with van der Waals surface area (Å²) in [4.78, 5) is 24.8. The first-order chi connectivity index (χ1) is 13.0. The first kappa shape index (κ1) is 19.2. The van der Waals surface area contributed by atoms with E-state index in [0.717, 1.165) is 24.3 Å². The van der Waals surface area contributed by atoms with Gasteiger partial charge in [0, 0.05) is 23.2 Å². The number of aromatic nitrogens is 4. The third kappa shape index (κ3) is 4.58. The van der Waals surface area contributed by atoms with Crippen LogP contribution in [0.25, 0.3) is 5.69 Å². The smallest absolute Gasteiger partial charge is 0.282 e. The lowest BCUT2D eigenvalue weighted by atomic mass is 10.2. The Morgan fingerprint density at radius 2 is 2.00 bits per heavy atom. The Bertz CT molecular complexity index is 1010. The van der Waals surface area contributed by atoms with E-state index in [1.54, 1.807) is 31.2 Å². The van der Waals surface area contributed by atoms with Crippen molar-refractivity contribution in [1.82, 2.24) is 20.0 Å². The number of carbonyl (C=O) groups is 1. The van der Waals surface area contributed by atoms with Crippen LogP contribution in [0.15, 0.2) is 35.1 Å². The Labute approximate surface area is 165 Å². The number of anilines is 1. The van der Waals surface area contributed by atoms with Gasteiger partial charge in [0.25, 0.3) is 5.91 Å². The van der Waals surface area contributed by atoms with Crippen LogP contribution in [-0.4, -0.2) is 25.9 Å². The summed E-state index contributed by atoms with van der Waals surface area (Å²) in [6.07, 6.45) is 2.88. The summed E-state index contributed by atoms with van der Waals surface area (Å²) in [5.41, 5.74) is 0.646. The molecule has 0 aliphatic heterocycles. The van der Waals surface area contributed by atoms with Crippen LogP contribution in [-0.2, 0) is 6.42 Å². The molecule has 3 aromatic rings. The molecule has 140 valence electrons. The number of benzene rings is 1. The molecule has 27 heavy (non-hydrogen) atoms. The molecular formula is C18H18ClN5O2S. The van der Waals surface area contributed by atoms with Gasteiger partial charge in [-0.3, -0.25) is 14.9 Å². The van der Waals surface area contributed by atoms with E-state index in [1.165, 1.54) is 22.1 Å². The highest BCUT2D eigenvalue weighted by Crippen LogP contribution is 2.18. The lowest BCUT2D eigenvalue weighted by molar-refractivity contribution is 0.101. The largest absolute Gasteiger partial charge is 0.295 e. The SMILES string of the molecule is CCCCc1nnc(NC(=O)c2nn(-c3ccc(Cl)cc3)c(C)cc2=O)s1. The molecule has 1 amide bonds. The number of nitrogens with zero attached hydrogens (tertiary/aromatic N) is 4. The predicted molar refractivity (Wildman–Crippen MR) is 106 cm³/mol. The second-order valence-electron chi connectivity index (χ2n) is 5.95. The number of aryl methyl sites for hydroxylation is 2. The highest BCUT2D eigenvalue weighted by Gasteiger charge is 2.17. The van der Waals surface area contributed by atoms with Crippen molar-refractivity contribution in [2.24, 2.45) is 0 Å². The van der Waals surface area contributed by atoms with Crippen LogP contribution in [0, 0.1) is 6.92 Å². The van der Waals surface area contributed by atoms with Crippen LogP contribution in [0.3, 0.4) is 0 Å². The van der Waals surface area contributed by atoms with Crippen molar-refractivity contribution in [3.05, 3.63) is 62.0 Å². The number of halogens is 1. The molecule has 0 bridgehead atoms. The number of nitrogens with one attached hydrogen (secondary N) is 1. The van der Waals surface area contributed by atoms with Gasteiger partial charge in [-0.1, -0.05) is 36.3 Å². The van der Waals surface area contributed by atoms with E-state index in [1.807, 2.05) is 0 Å². The first-order valence-electron chi connectivity index (χ1n) is 8.48. The zero-order valence-corrected chi connectivity index (χ0v) is 16.5. The first-order valence-corrected chi connectivity index (χ1v) is 9.68. The molecule has 0 saturated carbocycles. The summed E-state index contributed by atoms with van der Waals surface area (Å²) < 4.78 is 1.53. The van der Waals surface area contributed by atoms with Crippen molar-refractivity contribution < 1.29 is 4.79 Å². The number of rotatable bonds is 6. The third-order valence-electron chi connectivity index (χ3n) is 3.83. The fourth-order valence-electron chi connectivity index (χ4n) is 2.44. The maximum Gasteiger partial charge on any atom is 0.282 e. The van der Waals surface area contributed by atoms with Gasteiger partial charge in [0.15, 0.2) is 5.69 Å². The molecule has 0 saturated heterocycles. The monoisotopic (exact) mass is 403 g/mol. The average Bonchev–Trinajstić information content (AvgIpc) is 3.08. The second-order valence-corrected chi connectivity index (χ2v) is 7.44. The molecule has 0 fully saturated rings. The molecule has 0 aliphatic rings. The van der Waals surface area contributed by atoms with Gasteiger partial charge in [-0.25, -0.2) is 4.68 Å². The maximum absolute atomic E-state index is 12.5. The molecule has 2 aromatic heterocycles. The number of amides is 1. The zero-order chi connectivity index (χ0) is 19.4. The van der Waals surface area contributed by atoms with Crippen molar-refractivity contribution in [2.75, 3.05) is 5.32 Å². The third-order valence-corrected chi connectivity index (χ3v) is 4.98. The van der Waals surface area contributed by atoms with E-state index >= 15 is 0 Å². The Balaban J connectivity index is 1.86. The summed E-state index contributed by atoms with van der Waals surface area (Å²) >= 11 is 7.22. The van der Waals surface area contributed by atoms with E-state index < -0.39 is 11.3 Å². The molecule has 0 radical (unpaired) electrons. The summed E-state index contributed by atoms with van der Waals surface area (Å²) in [5, 5.41) is 16.6. The summed E-state index contributed by atoms with van der Waals surface area (Å²) in [7, 11) is 0. The fraction of sp³-hybridized carbons (Fsp3) is 0.278. The van der Waals surface area contributed by atoms with E-state index in [-0.39, 0.29) is 5.69 Å². The second kappa shape index (κ2) is 8.41. The minimum absolute atomic E-state index is 0.208.